The molecule has 1 unspecified atom stereocenters. The zero-order chi connectivity index (χ0) is 18.5. The fourth-order valence-electron chi connectivity index (χ4n) is 4.02. The van der Waals surface area contributed by atoms with Crippen LogP contribution in [0.25, 0.3) is 5.65 Å². The van der Waals surface area contributed by atoms with Crippen molar-refractivity contribution in [1.82, 2.24) is 19.5 Å². The Morgan fingerprint density at radius 2 is 2.00 bits per heavy atom. The van der Waals surface area contributed by atoms with Crippen molar-refractivity contribution in [3.05, 3.63) is 22.8 Å². The highest BCUT2D eigenvalue weighted by atomic mass is 79.9. The van der Waals surface area contributed by atoms with Crippen molar-refractivity contribution in [2.45, 2.75) is 45.3 Å². The Hall–Kier alpha value is -1.83. The van der Waals surface area contributed by atoms with Crippen LogP contribution in [-0.4, -0.2) is 50.3 Å². The van der Waals surface area contributed by atoms with Gasteiger partial charge in [0.2, 0.25) is 5.95 Å². The maximum Gasteiger partial charge on any atom is 0.410 e. The number of halogens is 1. The highest BCUT2D eigenvalue weighted by Crippen LogP contribution is 2.39. The Morgan fingerprint density at radius 1 is 1.31 bits per heavy atom. The molecule has 3 heterocycles. The van der Waals surface area contributed by atoms with Crippen LogP contribution in [0.4, 0.5) is 10.7 Å². The van der Waals surface area contributed by atoms with Crippen molar-refractivity contribution in [2.24, 2.45) is 11.8 Å². The predicted molar refractivity (Wildman–Crippen MR) is 102 cm³/mol. The molecule has 26 heavy (non-hydrogen) atoms. The zero-order valence-corrected chi connectivity index (χ0v) is 16.9. The molecule has 2 aromatic rings. The number of aromatic nitrogens is 3. The molecule has 2 aliphatic rings. The Labute approximate surface area is 161 Å². The third-order valence-electron chi connectivity index (χ3n) is 5.10. The number of rotatable bonds is 2. The maximum atomic E-state index is 12.4. The minimum absolute atomic E-state index is 0.206. The van der Waals surface area contributed by atoms with E-state index < -0.39 is 5.60 Å². The molecular formula is C18H24BrN5O2. The molecule has 1 amide bonds. The van der Waals surface area contributed by atoms with Crippen LogP contribution in [0.1, 0.15) is 33.6 Å². The topological polar surface area (TPSA) is 71.8 Å². The molecule has 3 atom stereocenters. The summed E-state index contributed by atoms with van der Waals surface area (Å²) in [5, 5.41) is 8.05. The highest BCUT2D eigenvalue weighted by Gasteiger charge is 2.44. The minimum atomic E-state index is -0.459. The zero-order valence-electron chi connectivity index (χ0n) is 15.3. The fraction of sp³-hybridized carbons (Fsp3) is 0.611. The number of fused-ring (bicyclic) bond motifs is 3. The second-order valence-corrected chi connectivity index (χ2v) is 9.07. The lowest BCUT2D eigenvalue weighted by molar-refractivity contribution is 0.0141. The fourth-order valence-corrected chi connectivity index (χ4v) is 4.44. The molecule has 2 fully saturated rings. The van der Waals surface area contributed by atoms with Gasteiger partial charge in [0.25, 0.3) is 0 Å². The lowest BCUT2D eigenvalue weighted by Crippen LogP contribution is -2.51. The number of anilines is 1. The molecule has 7 nitrogen and oxygen atoms in total. The van der Waals surface area contributed by atoms with E-state index in [9.17, 15) is 4.79 Å². The van der Waals surface area contributed by atoms with Crippen LogP contribution in [0, 0.1) is 11.8 Å². The smallest absolute Gasteiger partial charge is 0.410 e. The molecule has 4 rings (SSSR count). The van der Waals surface area contributed by atoms with Gasteiger partial charge < -0.3 is 15.0 Å². The number of pyridine rings is 1. The van der Waals surface area contributed by atoms with Gasteiger partial charge in [0.05, 0.1) is 4.47 Å². The Balaban J connectivity index is 1.46. The van der Waals surface area contributed by atoms with E-state index in [2.05, 4.69) is 31.3 Å². The van der Waals surface area contributed by atoms with Crippen molar-refractivity contribution in [3.63, 3.8) is 0 Å². The highest BCUT2D eigenvalue weighted by molar-refractivity contribution is 9.10. The van der Waals surface area contributed by atoms with Gasteiger partial charge in [-0.1, -0.05) is 0 Å². The number of ether oxygens (including phenoxy) is 1. The summed E-state index contributed by atoms with van der Waals surface area (Å²) in [6.45, 7) is 7.16. The largest absolute Gasteiger partial charge is 0.444 e. The van der Waals surface area contributed by atoms with Crippen molar-refractivity contribution < 1.29 is 9.53 Å². The van der Waals surface area contributed by atoms with Gasteiger partial charge in [0.15, 0.2) is 5.65 Å². The van der Waals surface area contributed by atoms with Crippen LogP contribution in [0.2, 0.25) is 0 Å². The van der Waals surface area contributed by atoms with E-state index in [-0.39, 0.29) is 6.09 Å². The lowest BCUT2D eigenvalue weighted by Gasteiger charge is -2.38. The first-order chi connectivity index (χ1) is 12.3. The summed E-state index contributed by atoms with van der Waals surface area (Å²) in [6, 6.07) is 4.18. The molecule has 2 aromatic heterocycles. The third kappa shape index (κ3) is 3.39. The number of hydrogen-bond acceptors (Lipinski definition) is 5. The molecule has 2 bridgehead atoms. The number of likely N-dealkylation sites (tertiary alicyclic amines) is 1. The van der Waals surface area contributed by atoms with E-state index in [0.29, 0.717) is 23.8 Å². The van der Waals surface area contributed by atoms with E-state index in [4.69, 9.17) is 4.74 Å². The molecule has 0 spiro atoms. The number of carbonyl (C=O) groups is 1. The molecule has 8 heteroatoms. The van der Waals surface area contributed by atoms with Crippen molar-refractivity contribution in [3.8, 4) is 0 Å². The number of hydrogen-bond donors (Lipinski definition) is 1. The van der Waals surface area contributed by atoms with Gasteiger partial charge in [-0.15, -0.1) is 5.10 Å². The van der Waals surface area contributed by atoms with Gasteiger partial charge in [-0.2, -0.15) is 4.98 Å². The van der Waals surface area contributed by atoms with Gasteiger partial charge in [-0.3, -0.25) is 0 Å². The Kier molecular flexibility index (Phi) is 4.33. The lowest BCUT2D eigenvalue weighted by atomic mass is 9.92. The molecule has 1 saturated heterocycles. The summed E-state index contributed by atoms with van der Waals surface area (Å²) in [4.78, 5) is 18.9. The Bertz CT molecular complexity index is 817. The van der Waals surface area contributed by atoms with E-state index in [0.717, 1.165) is 36.1 Å². The SMILES string of the molecule is CC(C)(C)OC(=O)N1CC2CC[C@@H](C1)[C@@H]2Nc1nc2c(Br)cccn2n1. The second kappa shape index (κ2) is 6.40. The first kappa shape index (κ1) is 17.6. The summed E-state index contributed by atoms with van der Waals surface area (Å²) >= 11 is 3.51. The van der Waals surface area contributed by atoms with E-state index in [1.165, 1.54) is 0 Å². The molecule has 0 aromatic carbocycles. The summed E-state index contributed by atoms with van der Waals surface area (Å²) in [6.07, 6.45) is 3.90. The van der Waals surface area contributed by atoms with Gasteiger partial charge in [0, 0.05) is 25.3 Å². The second-order valence-electron chi connectivity index (χ2n) is 8.21. The molecule has 1 N–H and O–H groups in total. The monoisotopic (exact) mass is 421 g/mol. The molecule has 0 radical (unpaired) electrons. The third-order valence-corrected chi connectivity index (χ3v) is 5.71. The predicted octanol–water partition coefficient (Wildman–Crippen LogP) is 3.55. The summed E-state index contributed by atoms with van der Waals surface area (Å²) in [7, 11) is 0. The summed E-state index contributed by atoms with van der Waals surface area (Å²) < 4.78 is 8.23. The average molecular weight is 422 g/mol. The van der Waals surface area contributed by atoms with Crippen LogP contribution in [0.3, 0.4) is 0 Å². The van der Waals surface area contributed by atoms with Crippen molar-refractivity contribution >= 4 is 33.6 Å². The van der Waals surface area contributed by atoms with E-state index in [1.807, 2.05) is 44.0 Å². The number of amides is 1. The van der Waals surface area contributed by atoms with Crippen LogP contribution in [-0.2, 0) is 4.74 Å². The van der Waals surface area contributed by atoms with Crippen LogP contribution in [0.5, 0.6) is 0 Å². The molecule has 1 saturated carbocycles. The maximum absolute atomic E-state index is 12.4. The molecule has 1 aliphatic heterocycles. The van der Waals surface area contributed by atoms with Crippen LogP contribution < -0.4 is 5.32 Å². The number of nitrogens with zero attached hydrogens (tertiary/aromatic N) is 4. The van der Waals surface area contributed by atoms with Gasteiger partial charge in [0.1, 0.15) is 5.60 Å². The number of carbonyl (C=O) groups excluding carboxylic acids is 1. The normalized spacial score (nSPS) is 25.5. The van der Waals surface area contributed by atoms with Crippen molar-refractivity contribution in [2.75, 3.05) is 18.4 Å². The van der Waals surface area contributed by atoms with Gasteiger partial charge in [-0.05, 0) is 73.5 Å². The number of nitrogens with one attached hydrogen (secondary N) is 1. The summed E-state index contributed by atoms with van der Waals surface area (Å²) in [5.41, 5.74) is 0.340. The van der Waals surface area contributed by atoms with Crippen LogP contribution in [0.15, 0.2) is 22.8 Å². The average Bonchev–Trinajstić information content (AvgIpc) is 3.04. The summed E-state index contributed by atoms with van der Waals surface area (Å²) in [5.74, 6) is 1.44. The standard InChI is InChI=1S/C18H24BrN5O2/c1-18(2,3)26-17(25)23-9-11-6-7-12(10-23)14(11)20-16-21-15-13(19)5-4-8-24(15)22-16/h4-5,8,11-12,14H,6-7,9-10H2,1-3H3,(H,20,22)/t11-,12?,14-/m0/s1. The minimum Gasteiger partial charge on any atom is -0.444 e. The van der Waals surface area contributed by atoms with Crippen LogP contribution >= 0.6 is 15.9 Å². The van der Waals surface area contributed by atoms with Gasteiger partial charge >= 0.3 is 6.09 Å². The number of piperidine rings is 1. The Morgan fingerprint density at radius 3 is 2.62 bits per heavy atom. The molecule has 140 valence electrons. The van der Waals surface area contributed by atoms with E-state index in [1.54, 1.807) is 4.52 Å². The van der Waals surface area contributed by atoms with Gasteiger partial charge in [-0.25, -0.2) is 9.31 Å². The molecule has 1 aliphatic carbocycles. The van der Waals surface area contributed by atoms with E-state index >= 15 is 0 Å². The molecular weight excluding hydrogens is 398 g/mol. The van der Waals surface area contributed by atoms with Crippen molar-refractivity contribution in [1.29, 1.82) is 0 Å². The first-order valence-corrected chi connectivity index (χ1v) is 9.85. The quantitative estimate of drug-likeness (QED) is 0.802. The first-order valence-electron chi connectivity index (χ1n) is 9.05.